The van der Waals surface area contributed by atoms with Gasteiger partial charge in [-0.2, -0.15) is 0 Å². The molecule has 1 heterocycles. The monoisotopic (exact) mass is 377 g/mol. The van der Waals surface area contributed by atoms with Gasteiger partial charge in [0.2, 0.25) is 0 Å². The number of benzene rings is 1. The third kappa shape index (κ3) is 4.13. The Balaban J connectivity index is 2.29. The van der Waals surface area contributed by atoms with Crippen molar-refractivity contribution in [2.24, 2.45) is 0 Å². The molecule has 1 aliphatic rings. The quantitative estimate of drug-likeness (QED) is 0.463. The van der Waals surface area contributed by atoms with Crippen LogP contribution in [0, 0.1) is 12.3 Å². The van der Waals surface area contributed by atoms with Crippen molar-refractivity contribution in [1.29, 1.82) is 0 Å². The molecule has 0 spiro atoms. The van der Waals surface area contributed by atoms with Gasteiger partial charge in [0.15, 0.2) is 11.5 Å². The number of rotatable bonds is 6. The van der Waals surface area contributed by atoms with E-state index in [0.717, 1.165) is 16.7 Å². The number of ether oxygens (including phenoxy) is 2. The molecule has 2 rings (SSSR count). The van der Waals surface area contributed by atoms with Crippen LogP contribution in [-0.2, 0) is 9.59 Å². The van der Waals surface area contributed by atoms with Crippen LogP contribution in [0.1, 0.15) is 12.5 Å². The van der Waals surface area contributed by atoms with E-state index in [1.807, 2.05) is 0 Å². The molecule has 6 nitrogen and oxygen atoms in total. The summed E-state index contributed by atoms with van der Waals surface area (Å²) in [6.45, 7) is 1.53. The second-order valence-corrected chi connectivity index (χ2v) is 6.64. The third-order valence-electron chi connectivity index (χ3n) is 3.36. The topological polar surface area (TPSA) is 76.1 Å². The lowest BCUT2D eigenvalue weighted by Gasteiger charge is -2.18. The summed E-state index contributed by atoms with van der Waals surface area (Å²) < 4.78 is 10.8. The fraction of sp³-hybridized carbons (Fsp3) is 0.235. The molecule has 25 heavy (non-hydrogen) atoms. The molecule has 1 saturated heterocycles. The van der Waals surface area contributed by atoms with Gasteiger partial charge in [-0.1, -0.05) is 36.0 Å². The zero-order valence-electron chi connectivity index (χ0n) is 13.5. The van der Waals surface area contributed by atoms with E-state index in [1.54, 1.807) is 24.3 Å². The van der Waals surface area contributed by atoms with Gasteiger partial charge in [-0.25, -0.2) is 4.79 Å². The van der Waals surface area contributed by atoms with Crippen molar-refractivity contribution in [3.63, 3.8) is 0 Å². The van der Waals surface area contributed by atoms with Crippen LogP contribution in [0.3, 0.4) is 0 Å². The minimum absolute atomic E-state index is 0.113. The highest BCUT2D eigenvalue weighted by Crippen LogP contribution is 2.35. The summed E-state index contributed by atoms with van der Waals surface area (Å²) in [6, 6.07) is 4.09. The van der Waals surface area contributed by atoms with Crippen molar-refractivity contribution in [2.75, 3.05) is 13.7 Å². The molecule has 1 amide bonds. The maximum atomic E-state index is 12.4. The number of hydrogen-bond acceptors (Lipinski definition) is 6. The van der Waals surface area contributed by atoms with Crippen LogP contribution in [-0.4, -0.2) is 46.0 Å². The molecular formula is C17H15NO5S2. The first-order valence-electron chi connectivity index (χ1n) is 7.13. The van der Waals surface area contributed by atoms with Crippen molar-refractivity contribution >= 4 is 46.3 Å². The standard InChI is InChI=1S/C17H15NO5S2/c1-4-7-23-12-6-5-11(8-13(12)22-3)9-14-15(19)18(17(24)25-14)10(2)16(20)21/h1,5-6,8-10H,7H2,2-3H3,(H,20,21). The molecule has 0 radical (unpaired) electrons. The second-order valence-electron chi connectivity index (χ2n) is 4.97. The molecule has 1 fully saturated rings. The van der Waals surface area contributed by atoms with E-state index in [1.165, 1.54) is 14.0 Å². The molecule has 1 unspecified atom stereocenters. The van der Waals surface area contributed by atoms with Crippen molar-refractivity contribution in [2.45, 2.75) is 13.0 Å². The predicted octanol–water partition coefficient (Wildman–Crippen LogP) is 2.38. The molecule has 1 N–H and O–H groups in total. The summed E-state index contributed by atoms with van der Waals surface area (Å²) in [4.78, 5) is 25.0. The SMILES string of the molecule is C#CCOc1ccc(C=C2SC(=S)N(C(C)C(=O)O)C2=O)cc1OC. The zero-order valence-corrected chi connectivity index (χ0v) is 15.1. The van der Waals surface area contributed by atoms with Crippen LogP contribution in [0.25, 0.3) is 6.08 Å². The largest absolute Gasteiger partial charge is 0.493 e. The lowest BCUT2D eigenvalue weighted by molar-refractivity contribution is -0.144. The Labute approximate surface area is 154 Å². The normalized spacial score (nSPS) is 16.7. The van der Waals surface area contributed by atoms with Crippen LogP contribution in [0.2, 0.25) is 0 Å². The maximum absolute atomic E-state index is 12.4. The number of carbonyl (C=O) groups is 2. The number of hydrogen-bond donors (Lipinski definition) is 1. The van der Waals surface area contributed by atoms with E-state index in [0.29, 0.717) is 22.0 Å². The van der Waals surface area contributed by atoms with Gasteiger partial charge in [-0.3, -0.25) is 9.69 Å². The van der Waals surface area contributed by atoms with Gasteiger partial charge in [0.1, 0.15) is 17.0 Å². The van der Waals surface area contributed by atoms with Gasteiger partial charge >= 0.3 is 5.97 Å². The van der Waals surface area contributed by atoms with Crippen molar-refractivity contribution in [1.82, 2.24) is 4.90 Å². The summed E-state index contributed by atoms with van der Waals surface area (Å²) in [7, 11) is 1.50. The average molecular weight is 377 g/mol. The molecule has 1 aromatic rings. The number of carbonyl (C=O) groups excluding carboxylic acids is 1. The molecule has 130 valence electrons. The highest BCUT2D eigenvalue weighted by Gasteiger charge is 2.38. The number of nitrogens with zero attached hydrogens (tertiary/aromatic N) is 1. The van der Waals surface area contributed by atoms with Gasteiger partial charge in [-0.15, -0.1) is 6.42 Å². The predicted molar refractivity (Wildman–Crippen MR) is 99.4 cm³/mol. The van der Waals surface area contributed by atoms with Crippen molar-refractivity contribution in [3.8, 4) is 23.8 Å². The highest BCUT2D eigenvalue weighted by molar-refractivity contribution is 8.26. The molecule has 1 atom stereocenters. The van der Waals surface area contributed by atoms with Crippen LogP contribution in [0.4, 0.5) is 0 Å². The minimum atomic E-state index is -1.12. The summed E-state index contributed by atoms with van der Waals surface area (Å²) >= 11 is 6.18. The van der Waals surface area contributed by atoms with E-state index in [4.69, 9.17) is 33.2 Å². The molecule has 0 aliphatic carbocycles. The summed E-state index contributed by atoms with van der Waals surface area (Å²) in [6.07, 6.45) is 6.80. The number of carboxylic acid groups (broad SMARTS) is 1. The van der Waals surface area contributed by atoms with Crippen molar-refractivity contribution in [3.05, 3.63) is 28.7 Å². The number of methoxy groups -OCH3 is 1. The summed E-state index contributed by atoms with van der Waals surface area (Å²) in [5, 5.41) is 9.10. The number of thiocarbonyl (C=S) groups is 1. The molecule has 1 aliphatic heterocycles. The second kappa shape index (κ2) is 8.05. The Morgan fingerprint density at radius 1 is 1.52 bits per heavy atom. The zero-order chi connectivity index (χ0) is 18.6. The van der Waals surface area contributed by atoms with Crippen LogP contribution < -0.4 is 9.47 Å². The molecule has 0 bridgehead atoms. The molecule has 1 aromatic carbocycles. The Kier molecular flexibility index (Phi) is 6.07. The molecular weight excluding hydrogens is 362 g/mol. The van der Waals surface area contributed by atoms with E-state index < -0.39 is 17.9 Å². The Bertz CT molecular complexity index is 797. The Morgan fingerprint density at radius 3 is 2.84 bits per heavy atom. The fourth-order valence-electron chi connectivity index (χ4n) is 2.09. The Hall–Kier alpha value is -2.50. The third-order valence-corrected chi connectivity index (χ3v) is 4.70. The van der Waals surface area contributed by atoms with Crippen LogP contribution in [0.15, 0.2) is 23.1 Å². The smallest absolute Gasteiger partial charge is 0.326 e. The number of thioether (sulfide) groups is 1. The molecule has 0 aromatic heterocycles. The number of amides is 1. The van der Waals surface area contributed by atoms with E-state index in [9.17, 15) is 9.59 Å². The fourth-order valence-corrected chi connectivity index (χ4v) is 3.51. The first-order valence-corrected chi connectivity index (χ1v) is 8.35. The van der Waals surface area contributed by atoms with E-state index in [-0.39, 0.29) is 10.9 Å². The average Bonchev–Trinajstić information content (AvgIpc) is 2.86. The van der Waals surface area contributed by atoms with Crippen LogP contribution in [0.5, 0.6) is 11.5 Å². The Morgan fingerprint density at radius 2 is 2.24 bits per heavy atom. The number of aliphatic carboxylic acids is 1. The lowest BCUT2D eigenvalue weighted by atomic mass is 10.1. The van der Waals surface area contributed by atoms with Crippen LogP contribution >= 0.6 is 24.0 Å². The van der Waals surface area contributed by atoms with E-state index in [2.05, 4.69) is 5.92 Å². The van der Waals surface area contributed by atoms with E-state index >= 15 is 0 Å². The molecule has 0 saturated carbocycles. The lowest BCUT2D eigenvalue weighted by Crippen LogP contribution is -2.41. The highest BCUT2D eigenvalue weighted by atomic mass is 32.2. The van der Waals surface area contributed by atoms with Gasteiger partial charge in [0, 0.05) is 0 Å². The summed E-state index contributed by atoms with van der Waals surface area (Å²) in [5.41, 5.74) is 0.688. The summed E-state index contributed by atoms with van der Waals surface area (Å²) in [5.74, 6) is 1.78. The minimum Gasteiger partial charge on any atom is -0.493 e. The number of carboxylic acids is 1. The first-order chi connectivity index (χ1) is 11.9. The van der Waals surface area contributed by atoms with Gasteiger partial charge in [-0.05, 0) is 30.7 Å². The maximum Gasteiger partial charge on any atom is 0.326 e. The van der Waals surface area contributed by atoms with Gasteiger partial charge in [0.25, 0.3) is 5.91 Å². The van der Waals surface area contributed by atoms with Crippen molar-refractivity contribution < 1.29 is 24.2 Å². The molecule has 8 heteroatoms. The number of terminal acetylenes is 1. The van der Waals surface area contributed by atoms with Gasteiger partial charge in [0.05, 0.1) is 12.0 Å². The van der Waals surface area contributed by atoms with Gasteiger partial charge < -0.3 is 14.6 Å². The first kappa shape index (κ1) is 18.8.